The second-order valence-corrected chi connectivity index (χ2v) is 4.23. The molecule has 2 N–H and O–H groups in total. The molecule has 2 aromatic carbocycles. The number of ether oxygens (including phenoxy) is 1. The summed E-state index contributed by atoms with van der Waals surface area (Å²) >= 11 is 5.95. The molecule has 0 amide bonds. The van der Waals surface area contributed by atoms with Crippen LogP contribution in [0.25, 0.3) is 0 Å². The van der Waals surface area contributed by atoms with Gasteiger partial charge in [0.05, 0.1) is 9.95 Å². The average Bonchev–Trinajstić information content (AvgIpc) is 2.39. The lowest BCUT2D eigenvalue weighted by Crippen LogP contribution is -2.03. The molecule has 0 spiro atoms. The molecule has 0 aromatic heterocycles. The summed E-state index contributed by atoms with van der Waals surface area (Å²) in [6.07, 6.45) is 0. The predicted octanol–water partition coefficient (Wildman–Crippen LogP) is 3.41. The normalized spacial score (nSPS) is 10.2. The van der Waals surface area contributed by atoms with E-state index in [4.69, 9.17) is 22.1 Å². The van der Waals surface area contributed by atoms with E-state index in [0.29, 0.717) is 16.3 Å². The molecule has 0 saturated carbocycles. The van der Waals surface area contributed by atoms with Gasteiger partial charge in [0, 0.05) is 11.6 Å². The molecule has 0 atom stereocenters. The second kappa shape index (κ2) is 5.58. The molecular formula is C13H11ClN2O3. The number of hydrogen-bond acceptors (Lipinski definition) is 4. The predicted molar refractivity (Wildman–Crippen MR) is 73.3 cm³/mol. The van der Waals surface area contributed by atoms with Gasteiger partial charge >= 0.3 is 0 Å². The number of nitro benzene ring substituents is 1. The highest BCUT2D eigenvalue weighted by Gasteiger charge is 2.14. The van der Waals surface area contributed by atoms with Crippen molar-refractivity contribution in [2.45, 2.75) is 6.61 Å². The van der Waals surface area contributed by atoms with E-state index in [-0.39, 0.29) is 18.0 Å². The summed E-state index contributed by atoms with van der Waals surface area (Å²) in [5.74, 6) is 0.509. The number of halogens is 1. The summed E-state index contributed by atoms with van der Waals surface area (Å²) in [4.78, 5) is 10.2. The van der Waals surface area contributed by atoms with Gasteiger partial charge in [-0.1, -0.05) is 35.9 Å². The van der Waals surface area contributed by atoms with Gasteiger partial charge in [-0.2, -0.15) is 0 Å². The molecule has 0 saturated heterocycles. The highest BCUT2D eigenvalue weighted by Crippen LogP contribution is 2.28. The lowest BCUT2D eigenvalue weighted by atomic mass is 10.1. The molecule has 5 nitrogen and oxygen atoms in total. The Kier molecular flexibility index (Phi) is 3.87. The lowest BCUT2D eigenvalue weighted by Gasteiger charge is -2.09. The van der Waals surface area contributed by atoms with Crippen LogP contribution >= 0.6 is 11.6 Å². The maximum Gasteiger partial charge on any atom is 0.292 e. The van der Waals surface area contributed by atoms with Crippen LogP contribution in [0.5, 0.6) is 5.75 Å². The van der Waals surface area contributed by atoms with Crippen molar-refractivity contribution < 1.29 is 9.66 Å². The van der Waals surface area contributed by atoms with Crippen LogP contribution < -0.4 is 10.5 Å². The number of rotatable bonds is 4. The Balaban J connectivity index is 2.19. The van der Waals surface area contributed by atoms with E-state index in [0.717, 1.165) is 0 Å². The Morgan fingerprint density at radius 1 is 1.21 bits per heavy atom. The zero-order chi connectivity index (χ0) is 13.8. The lowest BCUT2D eigenvalue weighted by molar-refractivity contribution is -0.384. The third-order valence-electron chi connectivity index (χ3n) is 2.59. The molecule has 0 aliphatic carbocycles. The molecular weight excluding hydrogens is 268 g/mol. The van der Waals surface area contributed by atoms with E-state index >= 15 is 0 Å². The third-order valence-corrected chi connectivity index (χ3v) is 2.90. The van der Waals surface area contributed by atoms with Gasteiger partial charge in [-0.3, -0.25) is 10.1 Å². The molecule has 0 radical (unpaired) electrons. The molecule has 0 bridgehead atoms. The van der Waals surface area contributed by atoms with Crippen molar-refractivity contribution in [1.29, 1.82) is 0 Å². The Morgan fingerprint density at radius 2 is 1.95 bits per heavy atom. The van der Waals surface area contributed by atoms with Crippen molar-refractivity contribution in [3.8, 4) is 5.75 Å². The van der Waals surface area contributed by atoms with E-state index < -0.39 is 4.92 Å². The van der Waals surface area contributed by atoms with Crippen LogP contribution in [-0.4, -0.2) is 4.92 Å². The van der Waals surface area contributed by atoms with Crippen LogP contribution in [0.2, 0.25) is 5.02 Å². The minimum absolute atomic E-state index is 0.111. The monoisotopic (exact) mass is 278 g/mol. The van der Waals surface area contributed by atoms with Crippen LogP contribution in [0, 0.1) is 10.1 Å². The zero-order valence-corrected chi connectivity index (χ0v) is 10.6. The topological polar surface area (TPSA) is 78.4 Å². The number of nitro groups is 1. The van der Waals surface area contributed by atoms with Crippen LogP contribution in [0.1, 0.15) is 5.56 Å². The van der Waals surface area contributed by atoms with Crippen LogP contribution in [0.15, 0.2) is 42.5 Å². The summed E-state index contributed by atoms with van der Waals surface area (Å²) in [6.45, 7) is 0.122. The SMILES string of the molecule is Nc1c(COc2ccccc2Cl)cccc1[N+](=O)[O-]. The van der Waals surface area contributed by atoms with Crippen LogP contribution in [0.3, 0.4) is 0 Å². The molecule has 0 heterocycles. The Morgan fingerprint density at radius 3 is 2.63 bits per heavy atom. The Bertz CT molecular complexity index is 617. The van der Waals surface area contributed by atoms with Gasteiger partial charge in [0.1, 0.15) is 18.0 Å². The number of hydrogen-bond donors (Lipinski definition) is 1. The largest absolute Gasteiger partial charge is 0.487 e. The van der Waals surface area contributed by atoms with Crippen molar-refractivity contribution in [3.63, 3.8) is 0 Å². The molecule has 2 rings (SSSR count). The quantitative estimate of drug-likeness (QED) is 0.528. The Hall–Kier alpha value is -2.27. The van der Waals surface area contributed by atoms with Gasteiger partial charge in [0.15, 0.2) is 0 Å². The van der Waals surface area contributed by atoms with Crippen molar-refractivity contribution in [2.24, 2.45) is 0 Å². The van der Waals surface area contributed by atoms with Gasteiger partial charge in [-0.25, -0.2) is 0 Å². The highest BCUT2D eigenvalue weighted by molar-refractivity contribution is 6.32. The molecule has 2 aromatic rings. The standard InChI is InChI=1S/C13H11ClN2O3/c14-10-5-1-2-7-12(10)19-8-9-4-3-6-11(13(9)15)16(17)18/h1-7H,8,15H2. The molecule has 0 unspecified atom stereocenters. The fourth-order valence-electron chi connectivity index (χ4n) is 1.60. The average molecular weight is 279 g/mol. The Labute approximate surface area is 114 Å². The summed E-state index contributed by atoms with van der Waals surface area (Å²) in [7, 11) is 0. The first-order valence-electron chi connectivity index (χ1n) is 5.48. The first-order chi connectivity index (χ1) is 9.09. The van der Waals surface area contributed by atoms with Crippen LogP contribution in [-0.2, 0) is 6.61 Å². The van der Waals surface area contributed by atoms with Gasteiger partial charge in [-0.05, 0) is 12.1 Å². The molecule has 0 aliphatic heterocycles. The van der Waals surface area contributed by atoms with Gasteiger partial charge in [-0.15, -0.1) is 0 Å². The summed E-state index contributed by atoms with van der Waals surface area (Å²) in [6, 6.07) is 11.6. The molecule has 19 heavy (non-hydrogen) atoms. The van der Waals surface area contributed by atoms with Gasteiger partial charge in [0.25, 0.3) is 5.69 Å². The van der Waals surface area contributed by atoms with Crippen LogP contribution in [0.4, 0.5) is 11.4 Å². The first-order valence-corrected chi connectivity index (χ1v) is 5.86. The van der Waals surface area contributed by atoms with Gasteiger partial charge in [0.2, 0.25) is 0 Å². The first kappa shape index (κ1) is 13.2. The van der Waals surface area contributed by atoms with E-state index in [9.17, 15) is 10.1 Å². The third kappa shape index (κ3) is 2.95. The van der Waals surface area contributed by atoms with Crippen molar-refractivity contribution in [1.82, 2.24) is 0 Å². The fraction of sp³-hybridized carbons (Fsp3) is 0.0769. The van der Waals surface area contributed by atoms with Crippen molar-refractivity contribution >= 4 is 23.0 Å². The number of nitrogens with zero attached hydrogens (tertiary/aromatic N) is 1. The molecule has 98 valence electrons. The summed E-state index contributed by atoms with van der Waals surface area (Å²) in [5, 5.41) is 11.2. The number of nitrogens with two attached hydrogens (primary N) is 1. The second-order valence-electron chi connectivity index (χ2n) is 3.83. The smallest absolute Gasteiger partial charge is 0.292 e. The minimum Gasteiger partial charge on any atom is -0.487 e. The van der Waals surface area contributed by atoms with Gasteiger partial charge < -0.3 is 10.5 Å². The van der Waals surface area contributed by atoms with Crippen molar-refractivity contribution in [2.75, 3.05) is 5.73 Å². The number of benzene rings is 2. The maximum absolute atomic E-state index is 10.8. The number of para-hydroxylation sites is 2. The fourth-order valence-corrected chi connectivity index (χ4v) is 1.79. The maximum atomic E-state index is 10.8. The van der Waals surface area contributed by atoms with Crippen molar-refractivity contribution in [3.05, 3.63) is 63.2 Å². The summed E-state index contributed by atoms with van der Waals surface area (Å²) in [5.41, 5.74) is 6.27. The molecule has 0 fully saturated rings. The minimum atomic E-state index is -0.520. The zero-order valence-electron chi connectivity index (χ0n) is 9.88. The summed E-state index contributed by atoms with van der Waals surface area (Å²) < 4.78 is 5.50. The number of anilines is 1. The number of nitrogen functional groups attached to an aromatic ring is 1. The molecule has 0 aliphatic rings. The van der Waals surface area contributed by atoms with E-state index in [2.05, 4.69) is 0 Å². The van der Waals surface area contributed by atoms with E-state index in [1.54, 1.807) is 36.4 Å². The molecule has 6 heteroatoms. The highest BCUT2D eigenvalue weighted by atomic mass is 35.5. The van der Waals surface area contributed by atoms with E-state index in [1.807, 2.05) is 0 Å². The van der Waals surface area contributed by atoms with E-state index in [1.165, 1.54) is 6.07 Å².